The number of carbonyl (C=O) groups is 3. The highest BCUT2D eigenvalue weighted by Crippen LogP contribution is 2.18. The average molecular weight is 906 g/mol. The summed E-state index contributed by atoms with van der Waals surface area (Å²) in [4.78, 5) is 38.1. The zero-order valence-corrected chi connectivity index (χ0v) is 43.8. The number of unbranched alkanes of at least 4 members (excludes halogenated alkanes) is 39. The molecule has 1 unspecified atom stereocenters. The molecule has 0 spiro atoms. The molecule has 0 radical (unpaired) electrons. The van der Waals surface area contributed by atoms with Crippen molar-refractivity contribution in [2.45, 2.75) is 336 Å². The Kier molecular flexibility index (Phi) is 51.1. The monoisotopic (exact) mass is 905 g/mol. The van der Waals surface area contributed by atoms with Crippen molar-refractivity contribution >= 4 is 17.9 Å². The molecule has 380 valence electrons. The summed E-state index contributed by atoms with van der Waals surface area (Å²) in [7, 11) is 0. The fraction of sp³-hybridized carbons (Fsp3) is 0.948. The molecular formula is C58H112O6. The lowest BCUT2D eigenvalue weighted by Gasteiger charge is -2.18. The van der Waals surface area contributed by atoms with Gasteiger partial charge in [0.1, 0.15) is 13.2 Å². The molecule has 0 fully saturated rings. The van der Waals surface area contributed by atoms with Crippen LogP contribution in [0, 0.1) is 5.92 Å². The molecule has 0 aromatic heterocycles. The van der Waals surface area contributed by atoms with Gasteiger partial charge in [-0.3, -0.25) is 14.4 Å². The Hall–Kier alpha value is -1.59. The first-order valence-corrected chi connectivity index (χ1v) is 28.9. The molecule has 64 heavy (non-hydrogen) atoms. The van der Waals surface area contributed by atoms with E-state index >= 15 is 0 Å². The highest BCUT2D eigenvalue weighted by atomic mass is 16.6. The standard InChI is InChI=1S/C58H112O6/c1-5-8-10-12-14-16-18-20-21-27-31-35-39-43-47-51-58(61)64-55(52-62-56(59)49-45-41-37-33-29-24-19-17-15-13-11-9-6-2)53-63-57(60)50-46-42-38-34-30-26-23-22-25-28-32-36-40-44-48-54(4)7-3/h54-55H,5-53H2,1-4H3/t54?,55-/m0/s1. The van der Waals surface area contributed by atoms with Crippen molar-refractivity contribution in [3.63, 3.8) is 0 Å². The van der Waals surface area contributed by atoms with Crippen LogP contribution < -0.4 is 0 Å². The number of ether oxygens (including phenoxy) is 3. The van der Waals surface area contributed by atoms with E-state index in [1.165, 1.54) is 225 Å². The van der Waals surface area contributed by atoms with Crippen molar-refractivity contribution in [1.82, 2.24) is 0 Å². The van der Waals surface area contributed by atoms with Gasteiger partial charge in [-0.2, -0.15) is 0 Å². The van der Waals surface area contributed by atoms with Crippen LogP contribution in [0.25, 0.3) is 0 Å². The van der Waals surface area contributed by atoms with Gasteiger partial charge < -0.3 is 14.2 Å². The first-order valence-electron chi connectivity index (χ1n) is 28.9. The summed E-state index contributed by atoms with van der Waals surface area (Å²) in [6.07, 6.45) is 56.5. The van der Waals surface area contributed by atoms with Gasteiger partial charge in [-0.05, 0) is 25.2 Å². The van der Waals surface area contributed by atoms with Gasteiger partial charge in [0, 0.05) is 19.3 Å². The summed E-state index contributed by atoms with van der Waals surface area (Å²) in [5.74, 6) is 0.0608. The van der Waals surface area contributed by atoms with Gasteiger partial charge in [-0.1, -0.05) is 291 Å². The summed E-state index contributed by atoms with van der Waals surface area (Å²) in [6.45, 7) is 9.10. The number of esters is 3. The van der Waals surface area contributed by atoms with Crippen LogP contribution in [0.1, 0.15) is 329 Å². The molecule has 0 saturated carbocycles. The fourth-order valence-electron chi connectivity index (χ4n) is 8.89. The molecule has 6 heteroatoms. The van der Waals surface area contributed by atoms with Gasteiger partial charge in [0.25, 0.3) is 0 Å². The van der Waals surface area contributed by atoms with Crippen molar-refractivity contribution in [2.24, 2.45) is 5.92 Å². The lowest BCUT2D eigenvalue weighted by molar-refractivity contribution is -0.167. The van der Waals surface area contributed by atoms with E-state index < -0.39 is 6.10 Å². The topological polar surface area (TPSA) is 78.9 Å². The summed E-state index contributed by atoms with van der Waals surface area (Å²) in [6, 6.07) is 0. The molecule has 2 atom stereocenters. The van der Waals surface area contributed by atoms with Crippen molar-refractivity contribution in [3.8, 4) is 0 Å². The van der Waals surface area contributed by atoms with Crippen LogP contribution in [-0.4, -0.2) is 37.2 Å². The molecule has 0 saturated heterocycles. The molecular weight excluding hydrogens is 793 g/mol. The molecule has 6 nitrogen and oxygen atoms in total. The molecule has 0 N–H and O–H groups in total. The molecule has 0 aliphatic heterocycles. The summed E-state index contributed by atoms with van der Waals surface area (Å²) in [5, 5.41) is 0. The smallest absolute Gasteiger partial charge is 0.306 e. The van der Waals surface area contributed by atoms with Gasteiger partial charge in [0.05, 0.1) is 0 Å². The average Bonchev–Trinajstić information content (AvgIpc) is 3.29. The van der Waals surface area contributed by atoms with Crippen molar-refractivity contribution in [2.75, 3.05) is 13.2 Å². The third kappa shape index (κ3) is 49.8. The van der Waals surface area contributed by atoms with E-state index in [0.29, 0.717) is 19.3 Å². The Morgan fingerprint density at radius 2 is 0.547 bits per heavy atom. The predicted octanol–water partition coefficient (Wildman–Crippen LogP) is 19.0. The number of hydrogen-bond donors (Lipinski definition) is 0. The summed E-state index contributed by atoms with van der Waals surface area (Å²) < 4.78 is 16.9. The van der Waals surface area contributed by atoms with Crippen molar-refractivity contribution < 1.29 is 28.6 Å². The highest BCUT2D eigenvalue weighted by Gasteiger charge is 2.19. The Morgan fingerprint density at radius 3 is 0.812 bits per heavy atom. The minimum atomic E-state index is -0.761. The number of hydrogen-bond acceptors (Lipinski definition) is 6. The van der Waals surface area contributed by atoms with Crippen molar-refractivity contribution in [3.05, 3.63) is 0 Å². The summed E-state index contributed by atoms with van der Waals surface area (Å²) >= 11 is 0. The second-order valence-corrected chi connectivity index (χ2v) is 20.2. The van der Waals surface area contributed by atoms with E-state index in [4.69, 9.17) is 14.2 Å². The Morgan fingerprint density at radius 1 is 0.312 bits per heavy atom. The molecule has 0 aromatic rings. The van der Waals surface area contributed by atoms with E-state index in [1.807, 2.05) is 0 Å². The lowest BCUT2D eigenvalue weighted by atomic mass is 9.99. The van der Waals surface area contributed by atoms with E-state index in [1.54, 1.807) is 0 Å². The Labute approximate surface area is 399 Å². The minimum Gasteiger partial charge on any atom is -0.462 e. The molecule has 0 rings (SSSR count). The van der Waals surface area contributed by atoms with Gasteiger partial charge in [0.2, 0.25) is 0 Å². The second kappa shape index (κ2) is 52.4. The van der Waals surface area contributed by atoms with E-state index in [2.05, 4.69) is 27.7 Å². The van der Waals surface area contributed by atoms with Gasteiger partial charge in [-0.25, -0.2) is 0 Å². The van der Waals surface area contributed by atoms with Crippen LogP contribution in [0.2, 0.25) is 0 Å². The van der Waals surface area contributed by atoms with Crippen molar-refractivity contribution in [1.29, 1.82) is 0 Å². The molecule has 0 aliphatic rings. The van der Waals surface area contributed by atoms with Gasteiger partial charge >= 0.3 is 17.9 Å². The van der Waals surface area contributed by atoms with E-state index in [-0.39, 0.29) is 31.1 Å². The van der Waals surface area contributed by atoms with Crippen LogP contribution in [0.5, 0.6) is 0 Å². The quantitative estimate of drug-likeness (QED) is 0.0344. The number of rotatable bonds is 53. The van der Waals surface area contributed by atoms with Crippen LogP contribution in [0.3, 0.4) is 0 Å². The maximum absolute atomic E-state index is 12.8. The lowest BCUT2D eigenvalue weighted by Crippen LogP contribution is -2.30. The SMILES string of the molecule is CCCCCCCCCCCCCCCCCC(=O)O[C@@H](COC(=O)CCCCCCCCCCCCCCC)COC(=O)CCCCCCCCCCCCCCCCC(C)CC. The summed E-state index contributed by atoms with van der Waals surface area (Å²) in [5.41, 5.74) is 0. The normalized spacial score (nSPS) is 12.4. The zero-order chi connectivity index (χ0) is 46.7. The second-order valence-electron chi connectivity index (χ2n) is 20.2. The maximum Gasteiger partial charge on any atom is 0.306 e. The first kappa shape index (κ1) is 62.4. The molecule has 0 bridgehead atoms. The Balaban J connectivity index is 4.28. The minimum absolute atomic E-state index is 0.0618. The van der Waals surface area contributed by atoms with Crippen LogP contribution in [-0.2, 0) is 28.6 Å². The van der Waals surface area contributed by atoms with Crippen LogP contribution in [0.15, 0.2) is 0 Å². The van der Waals surface area contributed by atoms with Crippen LogP contribution in [0.4, 0.5) is 0 Å². The van der Waals surface area contributed by atoms with Crippen LogP contribution >= 0.6 is 0 Å². The first-order chi connectivity index (χ1) is 31.4. The molecule has 0 aliphatic carbocycles. The van der Waals surface area contributed by atoms with E-state index in [9.17, 15) is 14.4 Å². The predicted molar refractivity (Wildman–Crippen MR) is 275 cm³/mol. The number of carbonyl (C=O) groups excluding carboxylic acids is 3. The Bertz CT molecular complexity index is 966. The maximum atomic E-state index is 12.8. The third-order valence-corrected chi connectivity index (χ3v) is 13.7. The highest BCUT2D eigenvalue weighted by molar-refractivity contribution is 5.71. The largest absolute Gasteiger partial charge is 0.462 e. The zero-order valence-electron chi connectivity index (χ0n) is 43.8. The fourth-order valence-corrected chi connectivity index (χ4v) is 8.89. The molecule has 0 heterocycles. The molecule has 0 amide bonds. The van der Waals surface area contributed by atoms with E-state index in [0.717, 1.165) is 63.7 Å². The van der Waals surface area contributed by atoms with Gasteiger partial charge in [0.15, 0.2) is 6.10 Å². The third-order valence-electron chi connectivity index (χ3n) is 13.7. The van der Waals surface area contributed by atoms with Gasteiger partial charge in [-0.15, -0.1) is 0 Å². The molecule has 0 aromatic carbocycles.